The lowest BCUT2D eigenvalue weighted by molar-refractivity contribution is -0.135. The van der Waals surface area contributed by atoms with E-state index in [9.17, 15) is 13.2 Å². The Bertz CT molecular complexity index is 182. The molecular weight excluding hydrogens is 205 g/mol. The summed E-state index contributed by atoms with van der Waals surface area (Å²) in [5.74, 6) is 0. The Hall–Kier alpha value is -0.290. The maximum Gasteiger partial charge on any atom is 0.389 e. The SMILES string of the molecule is CN1CCCC1CNCCCC(F)(F)F. The van der Waals surface area contributed by atoms with Gasteiger partial charge in [0, 0.05) is 19.0 Å². The summed E-state index contributed by atoms with van der Waals surface area (Å²) in [5, 5.41) is 3.09. The number of likely N-dealkylation sites (N-methyl/N-ethyl adjacent to an activating group) is 1. The molecule has 0 amide bonds. The van der Waals surface area contributed by atoms with Crippen LogP contribution in [0.4, 0.5) is 13.2 Å². The summed E-state index contributed by atoms with van der Waals surface area (Å²) in [5.41, 5.74) is 0. The number of halogens is 3. The van der Waals surface area contributed by atoms with Crippen LogP contribution in [-0.4, -0.2) is 43.8 Å². The molecule has 0 aromatic carbocycles. The van der Waals surface area contributed by atoms with Gasteiger partial charge in [-0.25, -0.2) is 0 Å². The van der Waals surface area contributed by atoms with E-state index in [1.165, 1.54) is 6.42 Å². The van der Waals surface area contributed by atoms with Gasteiger partial charge in [-0.1, -0.05) is 0 Å². The Morgan fingerprint density at radius 2 is 2.13 bits per heavy atom. The zero-order valence-electron chi connectivity index (χ0n) is 9.11. The molecule has 0 bridgehead atoms. The molecule has 0 radical (unpaired) electrons. The van der Waals surface area contributed by atoms with Crippen molar-refractivity contribution in [3.05, 3.63) is 0 Å². The molecule has 1 N–H and O–H groups in total. The molecule has 2 nitrogen and oxygen atoms in total. The third kappa shape index (κ3) is 5.37. The molecule has 90 valence electrons. The summed E-state index contributed by atoms with van der Waals surface area (Å²) in [6, 6.07) is 0.510. The first-order valence-corrected chi connectivity index (χ1v) is 5.47. The van der Waals surface area contributed by atoms with Crippen LogP contribution in [0.2, 0.25) is 0 Å². The normalized spacial score (nSPS) is 23.6. The number of nitrogens with one attached hydrogen (secondary N) is 1. The molecule has 1 saturated heterocycles. The number of alkyl halides is 3. The van der Waals surface area contributed by atoms with Crippen molar-refractivity contribution < 1.29 is 13.2 Å². The summed E-state index contributed by atoms with van der Waals surface area (Å²) in [6.07, 6.45) is -2.15. The molecule has 1 aliphatic rings. The second kappa shape index (κ2) is 5.70. The van der Waals surface area contributed by atoms with Crippen molar-refractivity contribution in [2.24, 2.45) is 0 Å². The molecular formula is C10H19F3N2. The molecule has 1 fully saturated rings. The summed E-state index contributed by atoms with van der Waals surface area (Å²) in [7, 11) is 2.06. The van der Waals surface area contributed by atoms with Gasteiger partial charge < -0.3 is 10.2 Å². The van der Waals surface area contributed by atoms with Gasteiger partial charge in [0.1, 0.15) is 0 Å². The van der Waals surface area contributed by atoms with Gasteiger partial charge in [0.25, 0.3) is 0 Å². The quantitative estimate of drug-likeness (QED) is 0.719. The lowest BCUT2D eigenvalue weighted by Crippen LogP contribution is -2.35. The van der Waals surface area contributed by atoms with E-state index in [1.54, 1.807) is 0 Å². The standard InChI is InChI=1S/C10H19F3N2/c1-15-7-2-4-9(15)8-14-6-3-5-10(11,12)13/h9,14H,2-8H2,1H3. The number of hydrogen-bond donors (Lipinski definition) is 1. The first-order valence-electron chi connectivity index (χ1n) is 5.47. The van der Waals surface area contributed by atoms with Gasteiger partial charge in [0.15, 0.2) is 0 Å². The number of rotatable bonds is 5. The Balaban J connectivity index is 1.97. The fourth-order valence-corrected chi connectivity index (χ4v) is 1.92. The van der Waals surface area contributed by atoms with Crippen LogP contribution in [-0.2, 0) is 0 Å². The van der Waals surface area contributed by atoms with Crippen molar-refractivity contribution in [3.8, 4) is 0 Å². The van der Waals surface area contributed by atoms with Crippen LogP contribution in [0.15, 0.2) is 0 Å². The van der Waals surface area contributed by atoms with E-state index in [0.717, 1.165) is 19.5 Å². The summed E-state index contributed by atoms with van der Waals surface area (Å²) >= 11 is 0. The van der Waals surface area contributed by atoms with Crippen LogP contribution in [0.3, 0.4) is 0 Å². The molecule has 1 atom stereocenters. The van der Waals surface area contributed by atoms with E-state index in [2.05, 4.69) is 17.3 Å². The zero-order chi connectivity index (χ0) is 11.3. The minimum Gasteiger partial charge on any atom is -0.315 e. The summed E-state index contributed by atoms with van der Waals surface area (Å²) < 4.78 is 35.4. The number of likely N-dealkylation sites (tertiary alicyclic amines) is 1. The van der Waals surface area contributed by atoms with Crippen molar-refractivity contribution in [1.82, 2.24) is 10.2 Å². The van der Waals surface area contributed by atoms with Crippen molar-refractivity contribution in [2.45, 2.75) is 37.9 Å². The average molecular weight is 224 g/mol. The lowest BCUT2D eigenvalue weighted by Gasteiger charge is -2.19. The first-order chi connectivity index (χ1) is 6.99. The number of nitrogens with zero attached hydrogens (tertiary/aromatic N) is 1. The second-order valence-corrected chi connectivity index (χ2v) is 4.20. The topological polar surface area (TPSA) is 15.3 Å². The Morgan fingerprint density at radius 3 is 2.67 bits per heavy atom. The molecule has 5 heteroatoms. The van der Waals surface area contributed by atoms with Gasteiger partial charge in [0.05, 0.1) is 0 Å². The molecule has 0 saturated carbocycles. The Kier molecular flexibility index (Phi) is 4.86. The molecule has 1 unspecified atom stereocenters. The molecule has 0 aromatic rings. The minimum absolute atomic E-state index is 0.180. The van der Waals surface area contributed by atoms with Crippen molar-refractivity contribution in [1.29, 1.82) is 0 Å². The van der Waals surface area contributed by atoms with Gasteiger partial charge >= 0.3 is 6.18 Å². The van der Waals surface area contributed by atoms with Gasteiger partial charge in [-0.3, -0.25) is 0 Å². The Labute approximate surface area is 88.8 Å². The van der Waals surface area contributed by atoms with E-state index in [0.29, 0.717) is 12.6 Å². The third-order valence-corrected chi connectivity index (χ3v) is 2.87. The van der Waals surface area contributed by atoms with Crippen LogP contribution in [0.25, 0.3) is 0 Å². The molecule has 1 heterocycles. The minimum atomic E-state index is -4.01. The van der Waals surface area contributed by atoms with Crippen molar-refractivity contribution >= 4 is 0 Å². The zero-order valence-corrected chi connectivity index (χ0v) is 9.11. The van der Waals surface area contributed by atoms with Gasteiger partial charge in [-0.2, -0.15) is 13.2 Å². The first kappa shape index (κ1) is 12.8. The largest absolute Gasteiger partial charge is 0.389 e. The second-order valence-electron chi connectivity index (χ2n) is 4.20. The van der Waals surface area contributed by atoms with Crippen LogP contribution >= 0.6 is 0 Å². The Morgan fingerprint density at radius 1 is 1.40 bits per heavy atom. The number of hydrogen-bond acceptors (Lipinski definition) is 2. The van der Waals surface area contributed by atoms with Crippen LogP contribution in [0, 0.1) is 0 Å². The van der Waals surface area contributed by atoms with Crippen LogP contribution < -0.4 is 5.32 Å². The molecule has 15 heavy (non-hydrogen) atoms. The van der Waals surface area contributed by atoms with Gasteiger partial charge in [0.2, 0.25) is 0 Å². The highest BCUT2D eigenvalue weighted by Gasteiger charge is 2.26. The third-order valence-electron chi connectivity index (χ3n) is 2.87. The van der Waals surface area contributed by atoms with Crippen LogP contribution in [0.1, 0.15) is 25.7 Å². The summed E-state index contributed by atoms with van der Waals surface area (Å²) in [4.78, 5) is 2.26. The predicted molar refractivity (Wildman–Crippen MR) is 53.8 cm³/mol. The highest BCUT2D eigenvalue weighted by molar-refractivity contribution is 4.77. The molecule has 0 aliphatic carbocycles. The molecule has 1 rings (SSSR count). The highest BCUT2D eigenvalue weighted by atomic mass is 19.4. The maximum absolute atomic E-state index is 11.8. The fraction of sp³-hybridized carbons (Fsp3) is 1.00. The van der Waals surface area contributed by atoms with E-state index >= 15 is 0 Å². The van der Waals surface area contributed by atoms with E-state index in [1.807, 2.05) is 0 Å². The van der Waals surface area contributed by atoms with Gasteiger partial charge in [-0.05, 0) is 39.4 Å². The lowest BCUT2D eigenvalue weighted by atomic mass is 10.2. The highest BCUT2D eigenvalue weighted by Crippen LogP contribution is 2.20. The molecule has 0 spiro atoms. The predicted octanol–water partition coefficient (Wildman–Crippen LogP) is 2.01. The van der Waals surface area contributed by atoms with Gasteiger partial charge in [-0.15, -0.1) is 0 Å². The van der Waals surface area contributed by atoms with E-state index < -0.39 is 12.6 Å². The molecule has 0 aromatic heterocycles. The average Bonchev–Trinajstić information content (AvgIpc) is 2.49. The van der Waals surface area contributed by atoms with E-state index in [4.69, 9.17) is 0 Å². The van der Waals surface area contributed by atoms with Crippen LogP contribution in [0.5, 0.6) is 0 Å². The maximum atomic E-state index is 11.8. The summed E-state index contributed by atoms with van der Waals surface area (Å²) in [6.45, 7) is 2.38. The fourth-order valence-electron chi connectivity index (χ4n) is 1.92. The smallest absolute Gasteiger partial charge is 0.315 e. The van der Waals surface area contributed by atoms with E-state index in [-0.39, 0.29) is 6.42 Å². The van der Waals surface area contributed by atoms with Crippen molar-refractivity contribution in [2.75, 3.05) is 26.7 Å². The monoisotopic (exact) mass is 224 g/mol. The molecule has 1 aliphatic heterocycles. The van der Waals surface area contributed by atoms with Crippen molar-refractivity contribution in [3.63, 3.8) is 0 Å².